The van der Waals surface area contributed by atoms with Gasteiger partial charge in [0.25, 0.3) is 0 Å². The molecule has 2 aromatic heterocycles. The monoisotopic (exact) mass is 509 g/mol. The predicted octanol–water partition coefficient (Wildman–Crippen LogP) is 1.77. The summed E-state index contributed by atoms with van der Waals surface area (Å²) in [6, 6.07) is 1.74. The Hall–Kier alpha value is -1.96. The molecule has 2 aliphatic rings. The highest BCUT2D eigenvalue weighted by atomic mass is 32.2. The van der Waals surface area contributed by atoms with Crippen molar-refractivity contribution in [1.82, 2.24) is 14.9 Å². The maximum absolute atomic E-state index is 13.3. The molecule has 3 heterocycles. The summed E-state index contributed by atoms with van der Waals surface area (Å²) in [7, 11) is -4.07. The summed E-state index contributed by atoms with van der Waals surface area (Å²) >= 11 is 1.42. The number of piperidine rings is 1. The van der Waals surface area contributed by atoms with Crippen LogP contribution < -0.4 is 10.5 Å². The molecule has 4 atom stereocenters. The van der Waals surface area contributed by atoms with Crippen molar-refractivity contribution in [3.63, 3.8) is 0 Å². The molecule has 34 heavy (non-hydrogen) atoms. The van der Waals surface area contributed by atoms with Crippen LogP contribution in [0.1, 0.15) is 53.4 Å². The van der Waals surface area contributed by atoms with Gasteiger partial charge in [-0.2, -0.15) is 8.42 Å². The highest BCUT2D eigenvalue weighted by Gasteiger charge is 2.35. The Labute approximate surface area is 203 Å². The number of aromatic nitrogens is 2. The zero-order chi connectivity index (χ0) is 24.3. The number of hydrogen-bond acceptors (Lipinski definition) is 10. The molecule has 10 nitrogen and oxygen atoms in total. The van der Waals surface area contributed by atoms with Gasteiger partial charge in [0.15, 0.2) is 0 Å². The number of anilines is 1. The Morgan fingerprint density at radius 3 is 3.00 bits per heavy atom. The van der Waals surface area contributed by atoms with E-state index in [-0.39, 0.29) is 18.4 Å². The van der Waals surface area contributed by atoms with Crippen LogP contribution >= 0.6 is 11.3 Å². The average molecular weight is 510 g/mol. The lowest BCUT2D eigenvalue weighted by Gasteiger charge is -2.30. The minimum Gasteiger partial charge on any atom is -0.393 e. The van der Waals surface area contributed by atoms with Gasteiger partial charge in [0.1, 0.15) is 12.1 Å². The summed E-state index contributed by atoms with van der Waals surface area (Å²) in [4.78, 5) is 24.6. The van der Waals surface area contributed by atoms with Gasteiger partial charge in [-0.25, -0.2) is 15.1 Å². The lowest BCUT2D eigenvalue weighted by Crippen LogP contribution is -2.33. The Kier molecular flexibility index (Phi) is 7.95. The molecule has 2 fully saturated rings. The molecular formula is C22H31N5O5S2. The molecule has 4 N–H and O–H groups in total. The standard InChI is InChI=1S/C22H31N5O5S2/c1-14-3-2-4-27(9-14)10-15-5-20(33-12-15)21(29)18-8-24-13-25-22(18)26-17-6-16(19(28)7-17)11-32-34(23,30)31/h5,8,12-14,16-17,19,28H,2-4,6-7,9-11H2,1H3,(H2,23,30,31)(H,24,25,26)/t14?,16?,17-,19+/m1/s1. The maximum Gasteiger partial charge on any atom is 0.333 e. The molecule has 2 unspecified atom stereocenters. The minimum atomic E-state index is -4.07. The van der Waals surface area contributed by atoms with Crippen molar-refractivity contribution in [3.8, 4) is 0 Å². The second-order valence-corrected chi connectivity index (χ2v) is 11.5. The Balaban J connectivity index is 1.40. The fraction of sp³-hybridized carbons (Fsp3) is 0.591. The minimum absolute atomic E-state index is 0.154. The molecule has 0 spiro atoms. The van der Waals surface area contributed by atoms with Crippen molar-refractivity contribution in [1.29, 1.82) is 0 Å². The van der Waals surface area contributed by atoms with Crippen molar-refractivity contribution in [2.24, 2.45) is 17.0 Å². The molecule has 1 saturated heterocycles. The molecule has 0 amide bonds. The molecule has 0 bridgehead atoms. The molecule has 1 aliphatic carbocycles. The van der Waals surface area contributed by atoms with Crippen molar-refractivity contribution in [3.05, 3.63) is 40.0 Å². The largest absolute Gasteiger partial charge is 0.393 e. The summed E-state index contributed by atoms with van der Waals surface area (Å²) in [5.74, 6) is 0.543. The van der Waals surface area contributed by atoms with Gasteiger partial charge < -0.3 is 10.4 Å². The molecule has 1 saturated carbocycles. The molecule has 1 aliphatic heterocycles. The normalized spacial score (nSPS) is 26.0. The van der Waals surface area contributed by atoms with E-state index in [0.29, 0.717) is 35.0 Å². The van der Waals surface area contributed by atoms with Gasteiger partial charge in [0, 0.05) is 31.2 Å². The highest BCUT2D eigenvalue weighted by molar-refractivity contribution is 7.84. The van der Waals surface area contributed by atoms with Gasteiger partial charge in [-0.05, 0) is 55.2 Å². The van der Waals surface area contributed by atoms with Crippen LogP contribution in [-0.2, 0) is 21.0 Å². The summed E-state index contributed by atoms with van der Waals surface area (Å²) in [5, 5.41) is 20.4. The number of carbonyl (C=O) groups excluding carboxylic acids is 1. The zero-order valence-corrected chi connectivity index (χ0v) is 20.7. The SMILES string of the molecule is CC1CCCN(Cc2csc(C(=O)c3cncnc3N[C@@H]3CC(COS(N)(=O)=O)[C@@H](O)C3)c2)C1. The number of nitrogens with two attached hydrogens (primary N) is 1. The third-order valence-electron chi connectivity index (χ3n) is 6.43. The number of likely N-dealkylation sites (tertiary alicyclic amines) is 1. The fourth-order valence-corrected chi connectivity index (χ4v) is 6.01. The second kappa shape index (κ2) is 10.8. The van der Waals surface area contributed by atoms with Crippen LogP contribution in [0, 0.1) is 11.8 Å². The number of aliphatic hydroxyl groups excluding tert-OH is 1. The molecule has 2 aromatic rings. The van der Waals surface area contributed by atoms with Crippen molar-refractivity contribution >= 4 is 33.2 Å². The van der Waals surface area contributed by atoms with Crippen molar-refractivity contribution in [2.45, 2.75) is 51.3 Å². The third-order valence-corrected chi connectivity index (χ3v) is 7.87. The van der Waals surface area contributed by atoms with E-state index in [0.717, 1.165) is 25.2 Å². The maximum atomic E-state index is 13.3. The Morgan fingerprint density at radius 2 is 2.24 bits per heavy atom. The first-order valence-corrected chi connectivity index (χ1v) is 13.8. The molecule has 186 valence electrons. The van der Waals surface area contributed by atoms with Crippen LogP contribution in [-0.4, -0.2) is 66.0 Å². The Bertz CT molecular complexity index is 1110. The summed E-state index contributed by atoms with van der Waals surface area (Å²) in [6.45, 7) is 5.09. The van der Waals surface area contributed by atoms with Gasteiger partial charge >= 0.3 is 10.3 Å². The van der Waals surface area contributed by atoms with Crippen LogP contribution in [0.15, 0.2) is 24.0 Å². The van der Waals surface area contributed by atoms with Crippen LogP contribution in [0.3, 0.4) is 0 Å². The number of rotatable bonds is 9. The first-order chi connectivity index (χ1) is 16.2. The molecule has 4 rings (SSSR count). The van der Waals surface area contributed by atoms with Crippen LogP contribution in [0.2, 0.25) is 0 Å². The predicted molar refractivity (Wildman–Crippen MR) is 129 cm³/mol. The van der Waals surface area contributed by atoms with E-state index in [9.17, 15) is 18.3 Å². The lowest BCUT2D eigenvalue weighted by atomic mass is 10.00. The van der Waals surface area contributed by atoms with E-state index in [4.69, 9.17) is 5.14 Å². The summed E-state index contributed by atoms with van der Waals surface area (Å²) in [6.07, 6.45) is 5.40. The van der Waals surface area contributed by atoms with Crippen LogP contribution in [0.25, 0.3) is 0 Å². The fourth-order valence-electron chi connectivity index (χ4n) is 4.78. The van der Waals surface area contributed by atoms with E-state index in [1.54, 1.807) is 0 Å². The summed E-state index contributed by atoms with van der Waals surface area (Å²) < 4.78 is 26.7. The lowest BCUT2D eigenvalue weighted by molar-refractivity contribution is 0.101. The van der Waals surface area contributed by atoms with E-state index in [1.807, 2.05) is 11.4 Å². The van der Waals surface area contributed by atoms with Crippen LogP contribution in [0.5, 0.6) is 0 Å². The van der Waals surface area contributed by atoms with Crippen molar-refractivity contribution in [2.75, 3.05) is 25.0 Å². The Morgan fingerprint density at radius 1 is 1.41 bits per heavy atom. The van der Waals surface area contributed by atoms with Crippen LogP contribution in [0.4, 0.5) is 5.82 Å². The third kappa shape index (κ3) is 6.58. The number of nitrogens with one attached hydrogen (secondary N) is 1. The second-order valence-electron chi connectivity index (χ2n) is 9.33. The van der Waals surface area contributed by atoms with Crippen molar-refractivity contribution < 1.29 is 22.5 Å². The molecular weight excluding hydrogens is 478 g/mol. The smallest absolute Gasteiger partial charge is 0.333 e. The number of nitrogens with zero attached hydrogens (tertiary/aromatic N) is 3. The van der Waals surface area contributed by atoms with Gasteiger partial charge in [-0.3, -0.25) is 13.9 Å². The number of ketones is 1. The van der Waals surface area contributed by atoms with E-state index in [1.165, 1.54) is 36.7 Å². The zero-order valence-electron chi connectivity index (χ0n) is 19.1. The number of hydrogen-bond donors (Lipinski definition) is 3. The number of aliphatic hydroxyl groups is 1. The number of carbonyl (C=O) groups is 1. The quantitative estimate of drug-likeness (QED) is 0.430. The van der Waals surface area contributed by atoms with E-state index in [2.05, 4.69) is 31.3 Å². The first kappa shape index (κ1) is 25.1. The molecule has 12 heteroatoms. The van der Waals surface area contributed by atoms with E-state index < -0.39 is 22.3 Å². The van der Waals surface area contributed by atoms with Gasteiger partial charge in [0.05, 0.1) is 23.2 Å². The van der Waals surface area contributed by atoms with E-state index >= 15 is 0 Å². The van der Waals surface area contributed by atoms with Gasteiger partial charge in [0.2, 0.25) is 5.78 Å². The highest BCUT2D eigenvalue weighted by Crippen LogP contribution is 2.30. The number of thiophene rings is 1. The summed E-state index contributed by atoms with van der Waals surface area (Å²) in [5.41, 5.74) is 1.49. The topological polar surface area (TPSA) is 148 Å². The van der Waals surface area contributed by atoms with Gasteiger partial charge in [-0.1, -0.05) is 6.92 Å². The average Bonchev–Trinajstić information content (AvgIpc) is 3.38. The van der Waals surface area contributed by atoms with Gasteiger partial charge in [-0.15, -0.1) is 11.3 Å². The first-order valence-electron chi connectivity index (χ1n) is 11.4. The molecule has 0 radical (unpaired) electrons. The molecule has 0 aromatic carbocycles.